The molecule has 5 nitrogen and oxygen atoms in total. The van der Waals surface area contributed by atoms with Crippen LogP contribution in [0.5, 0.6) is 5.75 Å². The molecule has 1 aliphatic heterocycles. The van der Waals surface area contributed by atoms with Gasteiger partial charge in [-0.25, -0.2) is 4.98 Å². The molecule has 1 fully saturated rings. The van der Waals surface area contributed by atoms with Gasteiger partial charge in [-0.2, -0.15) is 0 Å². The van der Waals surface area contributed by atoms with Gasteiger partial charge in [-0.3, -0.25) is 4.79 Å². The second kappa shape index (κ2) is 8.96. The van der Waals surface area contributed by atoms with Gasteiger partial charge < -0.3 is 14.4 Å². The SMILES string of the molecule is COC1CCN(C(=O)/C=C/c2ccc(OCc3csc(C)n3)cc2)CC1. The van der Waals surface area contributed by atoms with Crippen LogP contribution in [0.15, 0.2) is 35.7 Å². The van der Waals surface area contributed by atoms with Crippen LogP contribution in [-0.4, -0.2) is 42.1 Å². The van der Waals surface area contributed by atoms with Gasteiger partial charge in [0, 0.05) is 31.7 Å². The lowest BCUT2D eigenvalue weighted by Crippen LogP contribution is -2.39. The summed E-state index contributed by atoms with van der Waals surface area (Å²) >= 11 is 1.62. The summed E-state index contributed by atoms with van der Waals surface area (Å²) in [4.78, 5) is 18.5. The minimum Gasteiger partial charge on any atom is -0.487 e. The first kappa shape index (κ1) is 18.6. The van der Waals surface area contributed by atoms with Gasteiger partial charge in [0.1, 0.15) is 12.4 Å². The number of ether oxygens (including phenoxy) is 2. The minimum absolute atomic E-state index is 0.0544. The number of carbonyl (C=O) groups excluding carboxylic acids is 1. The third-order valence-electron chi connectivity index (χ3n) is 4.44. The molecule has 1 aromatic carbocycles. The number of thiazole rings is 1. The highest BCUT2D eigenvalue weighted by Crippen LogP contribution is 2.17. The molecule has 1 aromatic heterocycles. The number of hydrogen-bond donors (Lipinski definition) is 0. The Kier molecular flexibility index (Phi) is 6.41. The fourth-order valence-corrected chi connectivity index (χ4v) is 3.49. The Morgan fingerprint density at radius 3 is 2.65 bits per heavy atom. The number of hydrogen-bond acceptors (Lipinski definition) is 5. The molecule has 0 N–H and O–H groups in total. The van der Waals surface area contributed by atoms with Gasteiger partial charge in [0.25, 0.3) is 0 Å². The van der Waals surface area contributed by atoms with Crippen molar-refractivity contribution in [2.24, 2.45) is 0 Å². The molecule has 6 heteroatoms. The number of piperidine rings is 1. The number of nitrogens with zero attached hydrogens (tertiary/aromatic N) is 2. The van der Waals surface area contributed by atoms with E-state index in [4.69, 9.17) is 9.47 Å². The molecule has 2 aromatic rings. The van der Waals surface area contributed by atoms with E-state index >= 15 is 0 Å². The molecular formula is C20H24N2O3S. The second-order valence-corrected chi connectivity index (χ2v) is 7.37. The first-order valence-corrected chi connectivity index (χ1v) is 9.65. The zero-order valence-electron chi connectivity index (χ0n) is 15.2. The largest absolute Gasteiger partial charge is 0.487 e. The lowest BCUT2D eigenvalue weighted by atomic mass is 10.1. The Bertz CT molecular complexity index is 747. The molecule has 0 aliphatic carbocycles. The summed E-state index contributed by atoms with van der Waals surface area (Å²) in [5.74, 6) is 0.847. The van der Waals surface area contributed by atoms with Crippen molar-refractivity contribution < 1.29 is 14.3 Å². The highest BCUT2D eigenvalue weighted by atomic mass is 32.1. The molecule has 3 rings (SSSR count). The van der Waals surface area contributed by atoms with E-state index in [0.29, 0.717) is 6.61 Å². The normalized spacial score (nSPS) is 15.5. The van der Waals surface area contributed by atoms with Gasteiger partial charge in [-0.1, -0.05) is 12.1 Å². The van der Waals surface area contributed by atoms with Gasteiger partial charge in [0.15, 0.2) is 0 Å². The fourth-order valence-electron chi connectivity index (χ4n) is 2.89. The van der Waals surface area contributed by atoms with Crippen LogP contribution in [0.4, 0.5) is 0 Å². The third-order valence-corrected chi connectivity index (χ3v) is 5.26. The Morgan fingerprint density at radius 1 is 1.31 bits per heavy atom. The zero-order chi connectivity index (χ0) is 18.4. The van der Waals surface area contributed by atoms with E-state index < -0.39 is 0 Å². The van der Waals surface area contributed by atoms with E-state index in [-0.39, 0.29) is 12.0 Å². The highest BCUT2D eigenvalue weighted by Gasteiger charge is 2.20. The summed E-state index contributed by atoms with van der Waals surface area (Å²) in [5.41, 5.74) is 1.92. The van der Waals surface area contributed by atoms with E-state index in [1.165, 1.54) is 0 Å². The molecular weight excluding hydrogens is 348 g/mol. The van der Waals surface area contributed by atoms with Crippen LogP contribution < -0.4 is 4.74 Å². The van der Waals surface area contributed by atoms with Gasteiger partial charge in [-0.15, -0.1) is 11.3 Å². The van der Waals surface area contributed by atoms with E-state index in [2.05, 4.69) is 4.98 Å². The number of aryl methyl sites for hydroxylation is 1. The molecule has 0 bridgehead atoms. The van der Waals surface area contributed by atoms with Crippen LogP contribution in [0, 0.1) is 6.92 Å². The fraction of sp³-hybridized carbons (Fsp3) is 0.400. The van der Waals surface area contributed by atoms with Crippen LogP contribution in [0.2, 0.25) is 0 Å². The predicted molar refractivity (Wildman–Crippen MR) is 103 cm³/mol. The van der Waals surface area contributed by atoms with Crippen molar-refractivity contribution >= 4 is 23.3 Å². The molecule has 26 heavy (non-hydrogen) atoms. The molecule has 0 saturated carbocycles. The number of amides is 1. The van der Waals surface area contributed by atoms with Crippen LogP contribution in [-0.2, 0) is 16.1 Å². The van der Waals surface area contributed by atoms with E-state index in [9.17, 15) is 4.79 Å². The van der Waals surface area contributed by atoms with E-state index in [0.717, 1.165) is 47.9 Å². The van der Waals surface area contributed by atoms with Gasteiger partial charge in [0.2, 0.25) is 5.91 Å². The average Bonchev–Trinajstić information content (AvgIpc) is 3.10. The van der Waals surface area contributed by atoms with Crippen molar-refractivity contribution in [3.63, 3.8) is 0 Å². The Balaban J connectivity index is 1.49. The summed E-state index contributed by atoms with van der Waals surface area (Å²) in [6.07, 6.45) is 5.57. The molecule has 0 atom stereocenters. The molecule has 2 heterocycles. The summed E-state index contributed by atoms with van der Waals surface area (Å²) in [7, 11) is 1.73. The Morgan fingerprint density at radius 2 is 2.04 bits per heavy atom. The lowest BCUT2D eigenvalue weighted by molar-refractivity contribution is -0.128. The number of benzene rings is 1. The number of methoxy groups -OCH3 is 1. The molecule has 0 spiro atoms. The number of likely N-dealkylation sites (tertiary alicyclic amines) is 1. The summed E-state index contributed by atoms with van der Waals surface area (Å²) in [5, 5.41) is 3.05. The maximum absolute atomic E-state index is 12.3. The monoisotopic (exact) mass is 372 g/mol. The van der Waals surface area contributed by atoms with Crippen molar-refractivity contribution in [2.45, 2.75) is 32.5 Å². The first-order valence-electron chi connectivity index (χ1n) is 8.77. The quantitative estimate of drug-likeness (QED) is 0.726. The van der Waals surface area contributed by atoms with Crippen molar-refractivity contribution in [1.82, 2.24) is 9.88 Å². The molecule has 138 valence electrons. The minimum atomic E-state index is 0.0544. The number of rotatable bonds is 6. The van der Waals surface area contributed by atoms with E-state index in [1.807, 2.05) is 47.5 Å². The van der Waals surface area contributed by atoms with Crippen molar-refractivity contribution in [2.75, 3.05) is 20.2 Å². The van der Waals surface area contributed by atoms with Crippen molar-refractivity contribution in [3.8, 4) is 5.75 Å². The standard InChI is InChI=1S/C20H24N2O3S/c1-15-21-17(14-26-15)13-25-19-6-3-16(4-7-19)5-8-20(23)22-11-9-18(24-2)10-12-22/h3-8,14,18H,9-13H2,1-2H3/b8-5+. The lowest BCUT2D eigenvalue weighted by Gasteiger charge is -2.30. The average molecular weight is 372 g/mol. The van der Waals surface area contributed by atoms with Crippen LogP contribution in [0.1, 0.15) is 29.1 Å². The van der Waals surface area contributed by atoms with E-state index in [1.54, 1.807) is 24.5 Å². The highest BCUT2D eigenvalue weighted by molar-refractivity contribution is 7.09. The number of carbonyl (C=O) groups is 1. The van der Waals surface area contributed by atoms with Gasteiger partial charge in [-0.05, 0) is 43.5 Å². The first-order chi connectivity index (χ1) is 12.6. The summed E-state index contributed by atoms with van der Waals surface area (Å²) in [6.45, 7) is 3.96. The van der Waals surface area contributed by atoms with Crippen molar-refractivity contribution in [1.29, 1.82) is 0 Å². The van der Waals surface area contributed by atoms with Gasteiger partial charge in [0.05, 0.1) is 16.8 Å². The molecule has 1 amide bonds. The predicted octanol–water partition coefficient (Wildman–Crippen LogP) is 3.68. The number of aromatic nitrogens is 1. The third kappa shape index (κ3) is 5.16. The van der Waals surface area contributed by atoms with Crippen molar-refractivity contribution in [3.05, 3.63) is 52.0 Å². The van der Waals surface area contributed by atoms with Crippen LogP contribution >= 0.6 is 11.3 Å². The molecule has 0 radical (unpaired) electrons. The second-order valence-electron chi connectivity index (χ2n) is 6.31. The van der Waals surface area contributed by atoms with Crippen LogP contribution in [0.25, 0.3) is 6.08 Å². The molecule has 0 unspecified atom stereocenters. The Labute approximate surface area is 158 Å². The Hall–Kier alpha value is -2.18. The summed E-state index contributed by atoms with van der Waals surface area (Å²) < 4.78 is 11.1. The maximum Gasteiger partial charge on any atom is 0.246 e. The zero-order valence-corrected chi connectivity index (χ0v) is 16.0. The smallest absolute Gasteiger partial charge is 0.246 e. The maximum atomic E-state index is 12.3. The van der Waals surface area contributed by atoms with Crippen LogP contribution in [0.3, 0.4) is 0 Å². The topological polar surface area (TPSA) is 51.7 Å². The molecule has 1 aliphatic rings. The molecule has 1 saturated heterocycles. The summed E-state index contributed by atoms with van der Waals surface area (Å²) in [6, 6.07) is 7.71. The van der Waals surface area contributed by atoms with Gasteiger partial charge >= 0.3 is 0 Å².